The molecule has 0 bridgehead atoms. The second-order valence-electron chi connectivity index (χ2n) is 5.45. The molecule has 0 aliphatic carbocycles. The molecule has 0 saturated heterocycles. The number of nitrogens with zero attached hydrogens (tertiary/aromatic N) is 2. The lowest BCUT2D eigenvalue weighted by Gasteiger charge is -2.10. The van der Waals surface area contributed by atoms with E-state index >= 15 is 0 Å². The summed E-state index contributed by atoms with van der Waals surface area (Å²) in [6.45, 7) is 0. The fraction of sp³-hybridized carbons (Fsp3) is 0.0556. The highest BCUT2D eigenvalue weighted by Gasteiger charge is 2.29. The van der Waals surface area contributed by atoms with Gasteiger partial charge in [-0.15, -0.1) is 0 Å². The fourth-order valence-corrected chi connectivity index (χ4v) is 2.39. The van der Waals surface area contributed by atoms with Crippen LogP contribution in [0.5, 0.6) is 0 Å². The smallest absolute Gasteiger partial charge is 0.340 e. The third-order valence-electron chi connectivity index (χ3n) is 3.47. The van der Waals surface area contributed by atoms with Crippen LogP contribution in [0.25, 0.3) is 0 Å². The van der Waals surface area contributed by atoms with Crippen molar-refractivity contribution < 1.29 is 18.0 Å². The molecule has 3 aromatic rings. The van der Waals surface area contributed by atoms with Crippen LogP contribution in [0.2, 0.25) is 5.02 Å². The monoisotopic (exact) mass is 392 g/mol. The maximum atomic E-state index is 12.6. The Morgan fingerprint density at radius 2 is 1.70 bits per heavy atom. The molecule has 0 aliphatic rings. The quantitative estimate of drug-likeness (QED) is 0.644. The van der Waals surface area contributed by atoms with Gasteiger partial charge in [-0.3, -0.25) is 4.79 Å². The van der Waals surface area contributed by atoms with Crippen molar-refractivity contribution in [2.45, 2.75) is 6.18 Å². The van der Waals surface area contributed by atoms with Crippen molar-refractivity contribution >= 4 is 34.7 Å². The van der Waals surface area contributed by atoms with Crippen LogP contribution in [0.1, 0.15) is 16.1 Å². The maximum Gasteiger partial charge on any atom is 0.416 e. The molecule has 3 rings (SSSR count). The first kappa shape index (κ1) is 18.7. The van der Waals surface area contributed by atoms with Crippen LogP contribution in [0, 0.1) is 0 Å². The molecule has 0 fully saturated rings. The zero-order valence-corrected chi connectivity index (χ0v) is 14.3. The molecule has 0 saturated carbocycles. The summed E-state index contributed by atoms with van der Waals surface area (Å²) in [5.41, 5.74) is 0.225. The van der Waals surface area contributed by atoms with Crippen LogP contribution in [-0.4, -0.2) is 15.9 Å². The van der Waals surface area contributed by atoms with E-state index in [2.05, 4.69) is 20.6 Å². The van der Waals surface area contributed by atoms with Gasteiger partial charge < -0.3 is 10.6 Å². The molecule has 9 heteroatoms. The average molecular weight is 393 g/mol. The van der Waals surface area contributed by atoms with Gasteiger partial charge in [-0.1, -0.05) is 17.7 Å². The molecule has 138 valence electrons. The molecule has 1 heterocycles. The van der Waals surface area contributed by atoms with Gasteiger partial charge in [-0.05, 0) is 42.5 Å². The van der Waals surface area contributed by atoms with E-state index in [1.54, 1.807) is 24.3 Å². The molecule has 2 aromatic carbocycles. The molecule has 0 radical (unpaired) electrons. The summed E-state index contributed by atoms with van der Waals surface area (Å²) in [6, 6.07) is 12.5. The van der Waals surface area contributed by atoms with Gasteiger partial charge in [0.15, 0.2) is 0 Å². The molecular weight excluding hydrogens is 381 g/mol. The van der Waals surface area contributed by atoms with E-state index in [0.29, 0.717) is 16.4 Å². The third-order valence-corrected chi connectivity index (χ3v) is 3.70. The minimum atomic E-state index is -4.40. The van der Waals surface area contributed by atoms with E-state index < -0.39 is 17.6 Å². The number of aromatic nitrogens is 2. The molecule has 1 amide bonds. The molecule has 2 N–H and O–H groups in total. The van der Waals surface area contributed by atoms with Crippen LogP contribution in [0.15, 0.2) is 60.9 Å². The fourth-order valence-electron chi connectivity index (χ4n) is 2.20. The Labute approximate surface area is 157 Å². The molecule has 0 aliphatic heterocycles. The molecule has 0 atom stereocenters. The number of alkyl halides is 3. The minimum Gasteiger partial charge on any atom is -0.340 e. The van der Waals surface area contributed by atoms with E-state index in [1.807, 2.05) is 0 Å². The number of benzene rings is 2. The van der Waals surface area contributed by atoms with Crippen LogP contribution in [0.3, 0.4) is 0 Å². The van der Waals surface area contributed by atoms with Crippen LogP contribution < -0.4 is 10.6 Å². The van der Waals surface area contributed by atoms with Gasteiger partial charge in [0.2, 0.25) is 0 Å². The number of amides is 1. The normalized spacial score (nSPS) is 11.1. The van der Waals surface area contributed by atoms with Gasteiger partial charge in [-0.2, -0.15) is 13.2 Å². The summed E-state index contributed by atoms with van der Waals surface area (Å²) in [7, 11) is 0. The van der Waals surface area contributed by atoms with Crippen molar-refractivity contribution in [3.63, 3.8) is 0 Å². The van der Waals surface area contributed by atoms with E-state index in [9.17, 15) is 18.0 Å². The van der Waals surface area contributed by atoms with E-state index in [4.69, 9.17) is 11.6 Å². The van der Waals surface area contributed by atoms with Gasteiger partial charge in [-0.25, -0.2) is 9.97 Å². The number of carbonyl (C=O) groups excluding carboxylic acids is 1. The van der Waals surface area contributed by atoms with Crippen molar-refractivity contribution in [3.05, 3.63) is 77.2 Å². The number of hydrogen-bond acceptors (Lipinski definition) is 4. The summed E-state index contributed by atoms with van der Waals surface area (Å²) < 4.78 is 37.8. The molecule has 27 heavy (non-hydrogen) atoms. The highest BCUT2D eigenvalue weighted by atomic mass is 35.5. The molecule has 5 nitrogen and oxygen atoms in total. The topological polar surface area (TPSA) is 66.9 Å². The lowest BCUT2D eigenvalue weighted by atomic mass is 10.2. The lowest BCUT2D eigenvalue weighted by Crippen LogP contribution is -2.14. The highest BCUT2D eigenvalue weighted by Crippen LogP contribution is 2.30. The van der Waals surface area contributed by atoms with E-state index in [0.717, 1.165) is 12.1 Å². The Balaban J connectivity index is 1.72. The summed E-state index contributed by atoms with van der Waals surface area (Å²) in [4.78, 5) is 20.2. The molecular formula is C18H12ClF3N4O. The van der Waals surface area contributed by atoms with Gasteiger partial charge in [0.05, 0.1) is 5.56 Å². The first-order chi connectivity index (χ1) is 12.8. The summed E-state index contributed by atoms with van der Waals surface area (Å²) in [5, 5.41) is 5.95. The first-order valence-electron chi connectivity index (χ1n) is 7.64. The standard InChI is InChI=1S/C18H12ClF3N4O/c19-12-2-1-3-14(8-12)26-17(27)15-9-16(24-10-23-15)25-13-6-4-11(5-7-13)18(20,21)22/h1-10H,(H,26,27)(H,23,24,25). The Bertz CT molecular complexity index is 961. The Kier molecular flexibility index (Phi) is 5.27. The number of anilines is 3. The van der Waals surface area contributed by atoms with E-state index in [-0.39, 0.29) is 11.5 Å². The number of nitrogens with one attached hydrogen (secondary N) is 2. The molecule has 0 spiro atoms. The number of halogens is 4. The average Bonchev–Trinajstić information content (AvgIpc) is 2.62. The van der Waals surface area contributed by atoms with Crippen molar-refractivity contribution in [1.82, 2.24) is 9.97 Å². The Hall–Kier alpha value is -3.13. The van der Waals surface area contributed by atoms with Crippen LogP contribution in [0.4, 0.5) is 30.4 Å². The molecule has 1 aromatic heterocycles. The van der Waals surface area contributed by atoms with Crippen molar-refractivity contribution in [2.75, 3.05) is 10.6 Å². The zero-order valence-electron chi connectivity index (χ0n) is 13.6. The predicted octanol–water partition coefficient (Wildman–Crippen LogP) is 5.14. The van der Waals surface area contributed by atoms with Crippen molar-refractivity contribution in [2.24, 2.45) is 0 Å². The Morgan fingerprint density at radius 1 is 0.963 bits per heavy atom. The second kappa shape index (κ2) is 7.63. The zero-order chi connectivity index (χ0) is 19.4. The van der Waals surface area contributed by atoms with Crippen molar-refractivity contribution in [3.8, 4) is 0 Å². The summed E-state index contributed by atoms with van der Waals surface area (Å²) in [6.07, 6.45) is -3.22. The largest absolute Gasteiger partial charge is 0.416 e. The maximum absolute atomic E-state index is 12.6. The summed E-state index contributed by atoms with van der Waals surface area (Å²) >= 11 is 5.87. The minimum absolute atomic E-state index is 0.0828. The predicted molar refractivity (Wildman–Crippen MR) is 96.2 cm³/mol. The van der Waals surface area contributed by atoms with Gasteiger partial charge >= 0.3 is 6.18 Å². The Morgan fingerprint density at radius 3 is 2.37 bits per heavy atom. The third kappa shape index (κ3) is 4.95. The summed E-state index contributed by atoms with van der Waals surface area (Å²) in [5.74, 6) is -0.212. The van der Waals surface area contributed by atoms with Gasteiger partial charge in [0.1, 0.15) is 17.8 Å². The van der Waals surface area contributed by atoms with Crippen LogP contribution >= 0.6 is 11.6 Å². The number of carbonyl (C=O) groups is 1. The highest BCUT2D eigenvalue weighted by molar-refractivity contribution is 6.30. The van der Waals surface area contributed by atoms with Gasteiger partial charge in [0.25, 0.3) is 5.91 Å². The van der Waals surface area contributed by atoms with Crippen molar-refractivity contribution in [1.29, 1.82) is 0 Å². The van der Waals surface area contributed by atoms with Gasteiger partial charge in [0, 0.05) is 22.5 Å². The first-order valence-corrected chi connectivity index (χ1v) is 8.02. The SMILES string of the molecule is O=C(Nc1cccc(Cl)c1)c1cc(Nc2ccc(C(F)(F)F)cc2)ncn1. The number of hydrogen-bond donors (Lipinski definition) is 2. The van der Waals surface area contributed by atoms with Crippen LogP contribution in [-0.2, 0) is 6.18 Å². The number of rotatable bonds is 4. The molecule has 0 unspecified atom stereocenters. The second-order valence-corrected chi connectivity index (χ2v) is 5.89. The lowest BCUT2D eigenvalue weighted by molar-refractivity contribution is -0.137. The van der Waals surface area contributed by atoms with E-state index in [1.165, 1.54) is 24.5 Å².